The van der Waals surface area contributed by atoms with Crippen LogP contribution in [-0.2, 0) is 4.43 Å². The van der Waals surface area contributed by atoms with E-state index >= 15 is 0 Å². The molecule has 1 aromatic rings. The largest absolute Gasteiger partial charge is 0.417 e. The highest BCUT2D eigenvalue weighted by atomic mass is 79.9. The van der Waals surface area contributed by atoms with Gasteiger partial charge < -0.3 is 9.53 Å². The summed E-state index contributed by atoms with van der Waals surface area (Å²) in [6, 6.07) is 0. The van der Waals surface area contributed by atoms with Gasteiger partial charge in [-0.05, 0) is 50.0 Å². The number of aliphatic hydroxyl groups is 1. The fraction of sp³-hybridized carbons (Fsp3) is 0.750. The summed E-state index contributed by atoms with van der Waals surface area (Å²) in [5, 5.41) is 10.4. The summed E-state index contributed by atoms with van der Waals surface area (Å²) in [6.07, 6.45) is 0.0719. The number of hydrogen-bond donors (Lipinski definition) is 1. The Kier molecular flexibility index (Phi) is 6.23. The predicted octanol–water partition coefficient (Wildman–Crippen LogP) is 5.11. The van der Waals surface area contributed by atoms with Gasteiger partial charge in [0.15, 0.2) is 12.2 Å². The second-order valence-corrected chi connectivity index (χ2v) is 13.9. The van der Waals surface area contributed by atoms with E-state index in [1.54, 1.807) is 0 Å². The lowest BCUT2D eigenvalue weighted by Crippen LogP contribution is -2.41. The molecule has 3 nitrogen and oxygen atoms in total. The molecule has 0 saturated heterocycles. The molecule has 19 heavy (non-hydrogen) atoms. The molecule has 1 N–H and O–H groups in total. The van der Waals surface area contributed by atoms with E-state index in [0.717, 1.165) is 8.79 Å². The van der Waals surface area contributed by atoms with Gasteiger partial charge in [-0.2, -0.15) is 0 Å². The molecule has 0 aromatic carbocycles. The van der Waals surface area contributed by atoms with Crippen LogP contribution in [-0.4, -0.2) is 25.0 Å². The zero-order valence-corrected chi connectivity index (χ0v) is 16.9. The molecule has 1 heterocycles. The van der Waals surface area contributed by atoms with Crippen molar-refractivity contribution in [2.24, 2.45) is 0 Å². The highest BCUT2D eigenvalue weighted by Gasteiger charge is 2.37. The van der Waals surface area contributed by atoms with Crippen molar-refractivity contribution in [2.75, 3.05) is 6.61 Å². The van der Waals surface area contributed by atoms with E-state index in [9.17, 15) is 5.11 Å². The maximum atomic E-state index is 10.2. The summed E-state index contributed by atoms with van der Waals surface area (Å²) in [6.45, 7) is 11.7. The van der Waals surface area contributed by atoms with E-state index in [1.807, 2.05) is 0 Å². The van der Waals surface area contributed by atoms with Crippen LogP contribution in [0.1, 0.15) is 38.2 Å². The van der Waals surface area contributed by atoms with Crippen molar-refractivity contribution >= 4 is 51.5 Å². The van der Waals surface area contributed by atoms with Crippen LogP contribution in [0.3, 0.4) is 0 Å². The monoisotopic (exact) mass is 429 g/mol. The number of hydrogen-bond acceptors (Lipinski definition) is 4. The molecule has 0 aliphatic carbocycles. The third-order valence-corrected chi connectivity index (χ3v) is 10.6. The Hall–Kier alpha value is 0.727. The van der Waals surface area contributed by atoms with Gasteiger partial charge in [0, 0.05) is 13.0 Å². The Labute approximate surface area is 137 Å². The SMILES string of the molecule is CC(C)(C)[Si](C)(C)OCCC(O)c1sc(Br)nc1Br. The highest BCUT2D eigenvalue weighted by Crippen LogP contribution is 2.37. The highest BCUT2D eigenvalue weighted by molar-refractivity contribution is 9.11. The predicted molar refractivity (Wildman–Crippen MR) is 90.2 cm³/mol. The molecular formula is C12H21Br2NO2SSi. The van der Waals surface area contributed by atoms with Gasteiger partial charge in [0.2, 0.25) is 0 Å². The van der Waals surface area contributed by atoms with Gasteiger partial charge in [-0.1, -0.05) is 20.8 Å². The summed E-state index contributed by atoms with van der Waals surface area (Å²) >= 11 is 8.13. The maximum Gasteiger partial charge on any atom is 0.191 e. The first kappa shape index (κ1) is 17.8. The number of aliphatic hydroxyl groups excluding tert-OH is 1. The average Bonchev–Trinajstić information content (AvgIpc) is 2.55. The van der Waals surface area contributed by atoms with Gasteiger partial charge in [-0.15, -0.1) is 11.3 Å². The first-order chi connectivity index (χ1) is 8.54. The van der Waals surface area contributed by atoms with Gasteiger partial charge in [-0.3, -0.25) is 0 Å². The minimum absolute atomic E-state index is 0.200. The Morgan fingerprint density at radius 2 is 1.95 bits per heavy atom. The number of rotatable bonds is 5. The van der Waals surface area contributed by atoms with E-state index < -0.39 is 14.4 Å². The van der Waals surface area contributed by atoms with Gasteiger partial charge in [0.1, 0.15) is 4.60 Å². The second-order valence-electron chi connectivity index (χ2n) is 6.04. The van der Waals surface area contributed by atoms with Crippen molar-refractivity contribution < 1.29 is 9.53 Å². The molecule has 0 saturated carbocycles. The minimum Gasteiger partial charge on any atom is -0.417 e. The van der Waals surface area contributed by atoms with Crippen molar-refractivity contribution in [2.45, 2.75) is 51.4 Å². The topological polar surface area (TPSA) is 42.4 Å². The summed E-state index contributed by atoms with van der Waals surface area (Å²) < 4.78 is 7.56. The summed E-state index contributed by atoms with van der Waals surface area (Å²) in [5.74, 6) is 0. The van der Waals surface area contributed by atoms with Gasteiger partial charge >= 0.3 is 0 Å². The normalized spacial score (nSPS) is 14.7. The molecule has 1 unspecified atom stereocenters. The molecule has 7 heteroatoms. The Bertz CT molecular complexity index is 432. The van der Waals surface area contributed by atoms with Crippen LogP contribution in [0.25, 0.3) is 0 Å². The molecule has 0 amide bonds. The zero-order valence-electron chi connectivity index (χ0n) is 12.0. The van der Waals surface area contributed by atoms with E-state index in [-0.39, 0.29) is 5.04 Å². The number of thiazole rings is 1. The Morgan fingerprint density at radius 1 is 1.37 bits per heavy atom. The van der Waals surface area contributed by atoms with Crippen LogP contribution in [0.4, 0.5) is 0 Å². The fourth-order valence-electron chi connectivity index (χ4n) is 1.27. The van der Waals surface area contributed by atoms with Crippen LogP contribution in [0.15, 0.2) is 8.52 Å². The molecule has 110 valence electrons. The van der Waals surface area contributed by atoms with Crippen LogP contribution in [0, 0.1) is 0 Å². The van der Waals surface area contributed by atoms with E-state index in [2.05, 4.69) is 70.7 Å². The van der Waals surface area contributed by atoms with Crippen molar-refractivity contribution in [3.63, 3.8) is 0 Å². The van der Waals surface area contributed by atoms with Gasteiger partial charge in [-0.25, -0.2) is 4.98 Å². The summed E-state index contributed by atoms with van der Waals surface area (Å²) in [4.78, 5) is 5.04. The third kappa shape index (κ3) is 4.89. The molecule has 1 rings (SSSR count). The van der Waals surface area contributed by atoms with Crippen LogP contribution >= 0.6 is 43.2 Å². The maximum absolute atomic E-state index is 10.2. The Morgan fingerprint density at radius 3 is 2.37 bits per heavy atom. The fourth-order valence-corrected chi connectivity index (χ4v) is 4.77. The first-order valence-electron chi connectivity index (χ1n) is 6.18. The summed E-state index contributed by atoms with van der Waals surface area (Å²) in [5.41, 5.74) is 0. The zero-order chi connectivity index (χ0) is 14.8. The molecular weight excluding hydrogens is 410 g/mol. The lowest BCUT2D eigenvalue weighted by molar-refractivity contribution is 0.138. The van der Waals surface area contributed by atoms with Crippen molar-refractivity contribution in [1.82, 2.24) is 4.98 Å². The minimum atomic E-state index is -1.73. The quantitative estimate of drug-likeness (QED) is 0.659. The molecule has 0 fully saturated rings. The first-order valence-corrected chi connectivity index (χ1v) is 11.5. The lowest BCUT2D eigenvalue weighted by Gasteiger charge is -2.36. The van der Waals surface area contributed by atoms with Gasteiger partial charge in [0.25, 0.3) is 0 Å². The molecule has 0 radical (unpaired) electrons. The molecule has 0 aliphatic heterocycles. The van der Waals surface area contributed by atoms with Crippen molar-refractivity contribution in [3.8, 4) is 0 Å². The van der Waals surface area contributed by atoms with Crippen molar-refractivity contribution in [3.05, 3.63) is 13.4 Å². The van der Waals surface area contributed by atoms with Gasteiger partial charge in [0.05, 0.1) is 11.0 Å². The standard InChI is InChI=1S/C12H21Br2NO2SSi/c1-12(2,3)19(4,5)17-7-6-8(16)9-10(13)15-11(14)18-9/h8,16H,6-7H2,1-5H3. The second kappa shape index (κ2) is 6.66. The Balaban J connectivity index is 2.52. The molecule has 0 spiro atoms. The molecule has 0 aliphatic rings. The van der Waals surface area contributed by atoms with Crippen LogP contribution in [0.5, 0.6) is 0 Å². The van der Waals surface area contributed by atoms with Crippen molar-refractivity contribution in [1.29, 1.82) is 0 Å². The number of halogens is 2. The molecule has 1 atom stereocenters. The molecule has 0 bridgehead atoms. The van der Waals surface area contributed by atoms with Crippen LogP contribution in [0.2, 0.25) is 18.1 Å². The number of aromatic nitrogens is 1. The number of nitrogens with zero attached hydrogens (tertiary/aromatic N) is 1. The van der Waals surface area contributed by atoms with E-state index in [0.29, 0.717) is 17.6 Å². The average molecular weight is 431 g/mol. The lowest BCUT2D eigenvalue weighted by atomic mass is 10.2. The van der Waals surface area contributed by atoms with E-state index in [1.165, 1.54) is 11.3 Å². The molecule has 1 aromatic heterocycles. The van der Waals surface area contributed by atoms with Crippen LogP contribution < -0.4 is 0 Å². The summed E-state index contributed by atoms with van der Waals surface area (Å²) in [7, 11) is -1.73. The third-order valence-electron chi connectivity index (χ3n) is 3.55. The smallest absolute Gasteiger partial charge is 0.191 e. The van der Waals surface area contributed by atoms with E-state index in [4.69, 9.17) is 4.43 Å².